The van der Waals surface area contributed by atoms with Gasteiger partial charge in [-0.15, -0.1) is 0 Å². The van der Waals surface area contributed by atoms with E-state index in [9.17, 15) is 13.9 Å². The topological polar surface area (TPSA) is 35.9 Å². The molecular weight excluding hydrogens is 326 g/mol. The summed E-state index contributed by atoms with van der Waals surface area (Å²) in [5, 5.41) is 10.1. The van der Waals surface area contributed by atoms with E-state index >= 15 is 0 Å². The van der Waals surface area contributed by atoms with Crippen LogP contribution in [0.2, 0.25) is 0 Å². The van der Waals surface area contributed by atoms with Gasteiger partial charge in [-0.3, -0.25) is 4.90 Å². The second-order valence-corrected chi connectivity index (χ2v) is 6.16. The number of benzene rings is 2. The monoisotopic (exact) mass is 348 g/mol. The molecule has 0 aliphatic carbocycles. The van der Waals surface area contributed by atoms with Crippen LogP contribution in [-0.2, 0) is 0 Å². The predicted octanol–water partition coefficient (Wildman–Crippen LogP) is 2.53. The summed E-state index contributed by atoms with van der Waals surface area (Å²) < 4.78 is 32.1. The van der Waals surface area contributed by atoms with Crippen LogP contribution < -0.4 is 9.64 Å². The Labute approximate surface area is 146 Å². The lowest BCUT2D eigenvalue weighted by Crippen LogP contribution is -2.49. The minimum absolute atomic E-state index is 0.152. The first-order chi connectivity index (χ1) is 12.1. The van der Waals surface area contributed by atoms with Crippen LogP contribution in [0.4, 0.5) is 14.5 Å². The van der Waals surface area contributed by atoms with Crippen molar-refractivity contribution in [3.8, 4) is 5.75 Å². The number of anilines is 1. The van der Waals surface area contributed by atoms with Crippen molar-refractivity contribution in [2.75, 3.05) is 44.2 Å². The Kier molecular flexibility index (Phi) is 5.83. The number of piperazine rings is 1. The van der Waals surface area contributed by atoms with Gasteiger partial charge >= 0.3 is 0 Å². The molecule has 1 aliphatic rings. The number of para-hydroxylation sites is 1. The van der Waals surface area contributed by atoms with E-state index in [2.05, 4.69) is 4.90 Å². The highest BCUT2D eigenvalue weighted by molar-refractivity contribution is 5.47. The summed E-state index contributed by atoms with van der Waals surface area (Å²) in [5.41, 5.74) is 0.627. The highest BCUT2D eigenvalue weighted by Crippen LogP contribution is 2.20. The second-order valence-electron chi connectivity index (χ2n) is 6.16. The zero-order chi connectivity index (χ0) is 17.6. The lowest BCUT2D eigenvalue weighted by Gasteiger charge is -2.36. The summed E-state index contributed by atoms with van der Waals surface area (Å²) in [7, 11) is 0. The van der Waals surface area contributed by atoms with Crippen LogP contribution in [0.1, 0.15) is 0 Å². The molecule has 0 unspecified atom stereocenters. The van der Waals surface area contributed by atoms with Gasteiger partial charge in [0.25, 0.3) is 0 Å². The molecule has 1 fully saturated rings. The maximum Gasteiger partial charge on any atom is 0.146 e. The van der Waals surface area contributed by atoms with E-state index < -0.39 is 6.10 Å². The number of aliphatic hydroxyl groups excluding tert-OH is 1. The largest absolute Gasteiger partial charge is 0.491 e. The SMILES string of the molecule is O[C@H](COc1ccc(F)cc1)CN1CCN(c2ccccc2F)CC1. The maximum absolute atomic E-state index is 13.8. The van der Waals surface area contributed by atoms with Gasteiger partial charge in [-0.1, -0.05) is 12.1 Å². The van der Waals surface area contributed by atoms with Gasteiger partial charge in [0.1, 0.15) is 30.1 Å². The van der Waals surface area contributed by atoms with Crippen LogP contribution in [0, 0.1) is 11.6 Å². The maximum atomic E-state index is 13.8. The molecule has 2 aromatic rings. The van der Waals surface area contributed by atoms with Gasteiger partial charge in [0.15, 0.2) is 0 Å². The summed E-state index contributed by atoms with van der Waals surface area (Å²) >= 11 is 0. The van der Waals surface area contributed by atoms with Gasteiger partial charge in [-0.05, 0) is 36.4 Å². The van der Waals surface area contributed by atoms with E-state index in [-0.39, 0.29) is 18.2 Å². The Morgan fingerprint density at radius 3 is 2.32 bits per heavy atom. The first-order valence-electron chi connectivity index (χ1n) is 8.40. The zero-order valence-electron chi connectivity index (χ0n) is 13.9. The highest BCUT2D eigenvalue weighted by Gasteiger charge is 2.21. The quantitative estimate of drug-likeness (QED) is 0.870. The minimum atomic E-state index is -0.634. The molecule has 0 saturated carbocycles. The van der Waals surface area contributed by atoms with Gasteiger partial charge in [0.05, 0.1) is 5.69 Å². The number of β-amino-alcohol motifs (C(OH)–C–C–N with tert-alkyl or cyclic N) is 1. The summed E-state index contributed by atoms with van der Waals surface area (Å²) in [6.45, 7) is 3.58. The van der Waals surface area contributed by atoms with Crippen LogP contribution in [0.3, 0.4) is 0 Å². The molecule has 0 amide bonds. The number of aliphatic hydroxyl groups is 1. The number of halogens is 2. The molecule has 2 aromatic carbocycles. The Morgan fingerprint density at radius 1 is 0.960 bits per heavy atom. The van der Waals surface area contributed by atoms with Gasteiger partial charge < -0.3 is 14.7 Å². The fourth-order valence-corrected chi connectivity index (χ4v) is 2.95. The third kappa shape index (κ3) is 4.90. The predicted molar refractivity (Wildman–Crippen MR) is 93.0 cm³/mol. The molecule has 1 heterocycles. The number of hydrogen-bond donors (Lipinski definition) is 1. The van der Waals surface area contributed by atoms with Crippen molar-refractivity contribution in [1.82, 2.24) is 4.90 Å². The van der Waals surface area contributed by atoms with E-state index in [4.69, 9.17) is 4.74 Å². The van der Waals surface area contributed by atoms with Crippen LogP contribution >= 0.6 is 0 Å². The summed E-state index contributed by atoms with van der Waals surface area (Å²) in [4.78, 5) is 4.16. The third-order valence-corrected chi connectivity index (χ3v) is 4.29. The van der Waals surface area contributed by atoms with E-state index in [1.165, 1.54) is 30.3 Å². The summed E-state index contributed by atoms with van der Waals surface area (Å²) in [6.07, 6.45) is -0.634. The molecule has 0 aromatic heterocycles. The standard InChI is InChI=1S/C19H22F2N2O2/c20-15-5-7-17(8-6-15)25-14-16(24)13-22-9-11-23(12-10-22)19-4-2-1-3-18(19)21/h1-8,16,24H,9-14H2/t16-/m0/s1. The zero-order valence-corrected chi connectivity index (χ0v) is 13.9. The Bertz CT molecular complexity index is 673. The molecule has 0 spiro atoms. The molecule has 134 valence electrons. The number of nitrogens with zero attached hydrogens (tertiary/aromatic N) is 2. The van der Waals surface area contributed by atoms with Crippen molar-refractivity contribution >= 4 is 5.69 Å². The molecule has 25 heavy (non-hydrogen) atoms. The normalized spacial score (nSPS) is 16.7. The Hall–Kier alpha value is -2.18. The average molecular weight is 348 g/mol. The number of hydrogen-bond acceptors (Lipinski definition) is 4. The lowest BCUT2D eigenvalue weighted by molar-refractivity contribution is 0.0662. The first-order valence-corrected chi connectivity index (χ1v) is 8.40. The third-order valence-electron chi connectivity index (χ3n) is 4.29. The van der Waals surface area contributed by atoms with Crippen molar-refractivity contribution in [3.05, 3.63) is 60.2 Å². The molecule has 1 atom stereocenters. The Morgan fingerprint density at radius 2 is 1.64 bits per heavy atom. The summed E-state index contributed by atoms with van der Waals surface area (Å²) in [6, 6.07) is 12.5. The van der Waals surface area contributed by atoms with Crippen LogP contribution in [0.25, 0.3) is 0 Å². The van der Waals surface area contributed by atoms with E-state index in [0.29, 0.717) is 31.1 Å². The molecule has 0 bridgehead atoms. The molecular formula is C19H22F2N2O2. The molecule has 1 N–H and O–H groups in total. The smallest absolute Gasteiger partial charge is 0.146 e. The highest BCUT2D eigenvalue weighted by atomic mass is 19.1. The van der Waals surface area contributed by atoms with Gasteiger partial charge in [-0.2, -0.15) is 0 Å². The lowest BCUT2D eigenvalue weighted by atomic mass is 10.2. The fourth-order valence-electron chi connectivity index (χ4n) is 2.95. The molecule has 3 rings (SSSR count). The number of rotatable bonds is 6. The fraction of sp³-hybridized carbons (Fsp3) is 0.368. The Balaban J connectivity index is 1.42. The van der Waals surface area contributed by atoms with Gasteiger partial charge in [-0.25, -0.2) is 8.78 Å². The molecule has 0 radical (unpaired) electrons. The molecule has 4 nitrogen and oxygen atoms in total. The van der Waals surface area contributed by atoms with E-state index in [0.717, 1.165) is 13.1 Å². The van der Waals surface area contributed by atoms with Crippen molar-refractivity contribution in [2.45, 2.75) is 6.10 Å². The average Bonchev–Trinajstić information content (AvgIpc) is 2.62. The van der Waals surface area contributed by atoms with Crippen LogP contribution in [0.5, 0.6) is 5.75 Å². The van der Waals surface area contributed by atoms with Crippen molar-refractivity contribution < 1.29 is 18.6 Å². The minimum Gasteiger partial charge on any atom is -0.491 e. The van der Waals surface area contributed by atoms with Crippen molar-refractivity contribution in [3.63, 3.8) is 0 Å². The molecule has 1 aliphatic heterocycles. The second kappa shape index (κ2) is 8.27. The van der Waals surface area contributed by atoms with Crippen LogP contribution in [-0.4, -0.2) is 55.4 Å². The van der Waals surface area contributed by atoms with Gasteiger partial charge in [0.2, 0.25) is 0 Å². The van der Waals surface area contributed by atoms with Crippen molar-refractivity contribution in [1.29, 1.82) is 0 Å². The summed E-state index contributed by atoms with van der Waals surface area (Å²) in [5.74, 6) is 0.00845. The van der Waals surface area contributed by atoms with E-state index in [1.54, 1.807) is 12.1 Å². The van der Waals surface area contributed by atoms with Gasteiger partial charge in [0, 0.05) is 32.7 Å². The van der Waals surface area contributed by atoms with Crippen LogP contribution in [0.15, 0.2) is 48.5 Å². The van der Waals surface area contributed by atoms with E-state index in [1.807, 2.05) is 11.0 Å². The number of ether oxygens (including phenoxy) is 1. The van der Waals surface area contributed by atoms with Crippen molar-refractivity contribution in [2.24, 2.45) is 0 Å². The molecule has 6 heteroatoms. The first kappa shape index (κ1) is 17.6. The molecule has 1 saturated heterocycles.